The van der Waals surface area contributed by atoms with Gasteiger partial charge < -0.3 is 5.73 Å². The van der Waals surface area contributed by atoms with Gasteiger partial charge in [-0.05, 0) is 12.8 Å². The van der Waals surface area contributed by atoms with Crippen molar-refractivity contribution in [1.29, 1.82) is 0 Å². The number of nitrogens with two attached hydrogens (primary N) is 1. The highest BCUT2D eigenvalue weighted by Crippen LogP contribution is 2.23. The molecule has 0 spiro atoms. The van der Waals surface area contributed by atoms with E-state index in [9.17, 15) is 21.6 Å². The Morgan fingerprint density at radius 2 is 1.31 bits per heavy atom. The van der Waals surface area contributed by atoms with E-state index in [0.717, 1.165) is 32.2 Å². The van der Waals surface area contributed by atoms with E-state index in [0.29, 0.717) is 19.1 Å². The Morgan fingerprint density at radius 3 is 1.65 bits per heavy atom. The summed E-state index contributed by atoms with van der Waals surface area (Å²) in [5, 5.41) is 0. The SMILES string of the molecule is CS(=O)(=O)O.CS(=O)(=O)O.NC(=O)CN1CCN(C2CCCCC2)CC1. The maximum atomic E-state index is 10.8. The maximum absolute atomic E-state index is 10.8. The first-order chi connectivity index (χ1) is 11.8. The Labute approximate surface area is 156 Å². The molecule has 0 aromatic rings. The van der Waals surface area contributed by atoms with E-state index in [1.54, 1.807) is 0 Å². The lowest BCUT2D eigenvalue weighted by atomic mass is 9.94. The van der Waals surface area contributed by atoms with Gasteiger partial charge in [0, 0.05) is 32.2 Å². The number of piperazine rings is 1. The molecule has 0 radical (unpaired) electrons. The molecule has 10 nitrogen and oxygen atoms in total. The van der Waals surface area contributed by atoms with Crippen LogP contribution in [0.3, 0.4) is 0 Å². The minimum Gasteiger partial charge on any atom is -0.369 e. The second kappa shape index (κ2) is 11.8. The third kappa shape index (κ3) is 18.0. The van der Waals surface area contributed by atoms with Crippen LogP contribution in [0.5, 0.6) is 0 Å². The first-order valence-corrected chi connectivity index (χ1v) is 12.0. The summed E-state index contributed by atoms with van der Waals surface area (Å²) in [4.78, 5) is 15.6. The predicted molar refractivity (Wildman–Crippen MR) is 99.0 cm³/mol. The zero-order valence-corrected chi connectivity index (χ0v) is 17.0. The minimum atomic E-state index is -3.67. The molecule has 1 saturated heterocycles. The van der Waals surface area contributed by atoms with Crippen molar-refractivity contribution < 1.29 is 30.7 Å². The number of amides is 1. The van der Waals surface area contributed by atoms with Gasteiger partial charge in [-0.3, -0.25) is 23.7 Å². The van der Waals surface area contributed by atoms with Gasteiger partial charge in [0.1, 0.15) is 0 Å². The molecule has 12 heteroatoms. The smallest absolute Gasteiger partial charge is 0.261 e. The largest absolute Gasteiger partial charge is 0.369 e. The van der Waals surface area contributed by atoms with Gasteiger partial charge in [-0.2, -0.15) is 16.8 Å². The molecule has 1 aliphatic carbocycles. The number of carbonyl (C=O) groups excluding carboxylic acids is 1. The Morgan fingerprint density at radius 1 is 0.923 bits per heavy atom. The molecule has 0 bridgehead atoms. The molecular weight excluding hydrogens is 386 g/mol. The van der Waals surface area contributed by atoms with Crippen LogP contribution < -0.4 is 5.73 Å². The molecule has 4 N–H and O–H groups in total. The van der Waals surface area contributed by atoms with Gasteiger partial charge in [-0.15, -0.1) is 0 Å². The summed E-state index contributed by atoms with van der Waals surface area (Å²) in [5.41, 5.74) is 5.21. The topological polar surface area (TPSA) is 158 Å². The molecular formula is C14H31N3O7S2. The van der Waals surface area contributed by atoms with Crippen molar-refractivity contribution >= 4 is 26.1 Å². The predicted octanol–water partition coefficient (Wildman–Crippen LogP) is -0.570. The van der Waals surface area contributed by atoms with Crippen molar-refractivity contribution in [3.63, 3.8) is 0 Å². The quantitative estimate of drug-likeness (QED) is 0.511. The van der Waals surface area contributed by atoms with E-state index >= 15 is 0 Å². The minimum absolute atomic E-state index is 0.203. The average molecular weight is 418 g/mol. The molecule has 0 atom stereocenters. The van der Waals surface area contributed by atoms with Crippen molar-refractivity contribution in [3.05, 3.63) is 0 Å². The van der Waals surface area contributed by atoms with Crippen LogP contribution in [-0.2, 0) is 25.0 Å². The zero-order valence-electron chi connectivity index (χ0n) is 15.4. The fourth-order valence-electron chi connectivity index (χ4n) is 2.95. The van der Waals surface area contributed by atoms with Gasteiger partial charge in [0.05, 0.1) is 19.1 Å². The average Bonchev–Trinajstić information content (AvgIpc) is 2.45. The second-order valence-electron chi connectivity index (χ2n) is 6.54. The molecule has 156 valence electrons. The van der Waals surface area contributed by atoms with Crippen LogP contribution in [0.1, 0.15) is 32.1 Å². The van der Waals surface area contributed by atoms with Gasteiger partial charge in [0.25, 0.3) is 20.2 Å². The lowest BCUT2D eigenvalue weighted by Gasteiger charge is -2.40. The van der Waals surface area contributed by atoms with Crippen LogP contribution >= 0.6 is 0 Å². The zero-order chi connectivity index (χ0) is 20.4. The van der Waals surface area contributed by atoms with Crippen molar-refractivity contribution in [2.45, 2.75) is 38.1 Å². The Kier molecular flexibility index (Phi) is 11.5. The third-order valence-corrected chi connectivity index (χ3v) is 3.88. The van der Waals surface area contributed by atoms with Crippen LogP contribution in [0.2, 0.25) is 0 Å². The van der Waals surface area contributed by atoms with E-state index in [1.165, 1.54) is 32.1 Å². The second-order valence-corrected chi connectivity index (χ2v) is 9.47. The molecule has 2 rings (SSSR count). The highest BCUT2D eigenvalue weighted by atomic mass is 32.2. The number of primary amides is 1. The van der Waals surface area contributed by atoms with Crippen molar-refractivity contribution in [3.8, 4) is 0 Å². The van der Waals surface area contributed by atoms with Crippen LogP contribution in [0.4, 0.5) is 0 Å². The number of nitrogens with zero attached hydrogens (tertiary/aromatic N) is 2. The summed E-state index contributed by atoms with van der Waals surface area (Å²) >= 11 is 0. The maximum Gasteiger partial charge on any atom is 0.261 e. The van der Waals surface area contributed by atoms with E-state index in [-0.39, 0.29) is 5.91 Å². The molecule has 0 aromatic heterocycles. The number of rotatable bonds is 3. The first-order valence-electron chi connectivity index (χ1n) is 8.35. The summed E-state index contributed by atoms with van der Waals surface area (Å²) in [6.07, 6.45) is 8.38. The summed E-state index contributed by atoms with van der Waals surface area (Å²) in [5.74, 6) is -0.203. The molecule has 0 unspecified atom stereocenters. The monoisotopic (exact) mass is 417 g/mol. The van der Waals surface area contributed by atoms with Crippen LogP contribution in [0, 0.1) is 0 Å². The van der Waals surface area contributed by atoms with Gasteiger partial charge in [0.2, 0.25) is 5.91 Å². The number of hydrogen-bond acceptors (Lipinski definition) is 7. The molecule has 1 aliphatic heterocycles. The lowest BCUT2D eigenvalue weighted by Crippen LogP contribution is -2.52. The summed E-state index contributed by atoms with van der Waals surface area (Å²) in [7, 11) is -7.33. The van der Waals surface area contributed by atoms with E-state index in [4.69, 9.17) is 14.8 Å². The van der Waals surface area contributed by atoms with E-state index in [1.807, 2.05) is 0 Å². The lowest BCUT2D eigenvalue weighted by molar-refractivity contribution is -0.119. The fraction of sp³-hybridized carbons (Fsp3) is 0.929. The molecule has 2 aliphatic rings. The van der Waals surface area contributed by atoms with E-state index in [2.05, 4.69) is 9.80 Å². The number of carbonyl (C=O) groups is 1. The molecule has 1 heterocycles. The van der Waals surface area contributed by atoms with Crippen molar-refractivity contribution in [2.24, 2.45) is 5.73 Å². The van der Waals surface area contributed by atoms with Crippen molar-refractivity contribution in [2.75, 3.05) is 45.2 Å². The van der Waals surface area contributed by atoms with Crippen LogP contribution in [-0.4, -0.2) is 92.9 Å². The highest BCUT2D eigenvalue weighted by molar-refractivity contribution is 7.85. The number of hydrogen-bond donors (Lipinski definition) is 3. The molecule has 0 aromatic carbocycles. The standard InChI is InChI=1S/C12H23N3O.2CH4O3S/c13-12(16)10-14-6-8-15(9-7-14)11-4-2-1-3-5-11;2*1-5(2,3)4/h11H,1-10H2,(H2,13,16);2*1H3,(H,2,3,4). The van der Waals surface area contributed by atoms with Crippen molar-refractivity contribution in [1.82, 2.24) is 9.80 Å². The Hall–Kier alpha value is -0.790. The highest BCUT2D eigenvalue weighted by Gasteiger charge is 2.25. The van der Waals surface area contributed by atoms with E-state index < -0.39 is 20.2 Å². The third-order valence-electron chi connectivity index (χ3n) is 3.88. The van der Waals surface area contributed by atoms with Gasteiger partial charge in [-0.25, -0.2) is 0 Å². The summed E-state index contributed by atoms with van der Waals surface area (Å²) < 4.78 is 51.7. The van der Waals surface area contributed by atoms with Crippen LogP contribution in [0.15, 0.2) is 0 Å². The normalized spacial score (nSPS) is 20.3. The summed E-state index contributed by atoms with van der Waals surface area (Å²) in [6, 6.07) is 0.810. The Bertz CT molecular complexity index is 562. The molecule has 26 heavy (non-hydrogen) atoms. The van der Waals surface area contributed by atoms with Gasteiger partial charge >= 0.3 is 0 Å². The van der Waals surface area contributed by atoms with Crippen LogP contribution in [0.25, 0.3) is 0 Å². The molecule has 1 amide bonds. The fourth-order valence-corrected chi connectivity index (χ4v) is 2.95. The molecule has 2 fully saturated rings. The van der Waals surface area contributed by atoms with Gasteiger partial charge in [-0.1, -0.05) is 19.3 Å². The summed E-state index contributed by atoms with van der Waals surface area (Å²) in [6.45, 7) is 4.65. The molecule has 1 saturated carbocycles. The van der Waals surface area contributed by atoms with Gasteiger partial charge in [0.15, 0.2) is 0 Å². The Balaban J connectivity index is 0.000000520. The first kappa shape index (κ1) is 25.2.